The minimum atomic E-state index is -0.273. The van der Waals surface area contributed by atoms with E-state index in [-0.39, 0.29) is 5.97 Å². The first-order valence-electron chi connectivity index (χ1n) is 6.01. The molecule has 0 radical (unpaired) electrons. The zero-order chi connectivity index (χ0) is 12.5. The molecule has 0 saturated heterocycles. The SMILES string of the molecule is C#Cc1ccc(C(=O)OCCCCCC)cc1. The molecule has 1 aromatic carbocycles. The Labute approximate surface area is 103 Å². The van der Waals surface area contributed by atoms with Gasteiger partial charge in [-0.25, -0.2) is 4.79 Å². The van der Waals surface area contributed by atoms with Crippen molar-refractivity contribution in [2.24, 2.45) is 0 Å². The molecule has 17 heavy (non-hydrogen) atoms. The third-order valence-corrected chi connectivity index (χ3v) is 2.52. The molecule has 0 N–H and O–H groups in total. The number of hydrogen-bond acceptors (Lipinski definition) is 2. The fourth-order valence-electron chi connectivity index (χ4n) is 1.48. The number of carbonyl (C=O) groups is 1. The normalized spacial score (nSPS) is 9.65. The summed E-state index contributed by atoms with van der Waals surface area (Å²) in [6.45, 7) is 2.65. The molecule has 0 fully saturated rings. The third-order valence-electron chi connectivity index (χ3n) is 2.52. The molecule has 0 spiro atoms. The first-order chi connectivity index (χ1) is 8.27. The van der Waals surface area contributed by atoms with E-state index in [0.29, 0.717) is 12.2 Å². The standard InChI is InChI=1S/C15H18O2/c1-3-5-6-7-12-17-15(16)14-10-8-13(4-2)9-11-14/h2,8-11H,3,5-7,12H2,1H3. The molecule has 0 saturated carbocycles. The van der Waals surface area contributed by atoms with Crippen LogP contribution in [-0.4, -0.2) is 12.6 Å². The van der Waals surface area contributed by atoms with Crippen molar-refractivity contribution in [1.29, 1.82) is 0 Å². The van der Waals surface area contributed by atoms with Crippen LogP contribution in [0.15, 0.2) is 24.3 Å². The fraction of sp³-hybridized carbons (Fsp3) is 0.400. The maximum absolute atomic E-state index is 11.6. The molecule has 0 unspecified atom stereocenters. The molecule has 0 amide bonds. The number of benzene rings is 1. The molecular weight excluding hydrogens is 212 g/mol. The number of hydrogen-bond donors (Lipinski definition) is 0. The van der Waals surface area contributed by atoms with Crippen LogP contribution in [0, 0.1) is 12.3 Å². The zero-order valence-corrected chi connectivity index (χ0v) is 10.2. The van der Waals surface area contributed by atoms with Gasteiger partial charge in [0.15, 0.2) is 0 Å². The van der Waals surface area contributed by atoms with Gasteiger partial charge in [0.25, 0.3) is 0 Å². The average molecular weight is 230 g/mol. The summed E-state index contributed by atoms with van der Waals surface area (Å²) < 4.78 is 5.16. The lowest BCUT2D eigenvalue weighted by Gasteiger charge is -2.04. The highest BCUT2D eigenvalue weighted by atomic mass is 16.5. The molecule has 0 bridgehead atoms. The number of terminal acetylenes is 1. The number of ether oxygens (including phenoxy) is 1. The summed E-state index contributed by atoms with van der Waals surface area (Å²) in [4.78, 5) is 11.6. The highest BCUT2D eigenvalue weighted by Gasteiger charge is 2.05. The molecule has 2 heteroatoms. The molecule has 0 aliphatic heterocycles. The van der Waals surface area contributed by atoms with E-state index in [9.17, 15) is 4.79 Å². The first kappa shape index (κ1) is 13.3. The summed E-state index contributed by atoms with van der Waals surface area (Å²) in [5.41, 5.74) is 1.32. The molecule has 0 aliphatic rings. The van der Waals surface area contributed by atoms with E-state index in [4.69, 9.17) is 11.2 Å². The summed E-state index contributed by atoms with van der Waals surface area (Å²) in [5, 5.41) is 0. The molecule has 90 valence electrons. The van der Waals surface area contributed by atoms with Gasteiger partial charge in [0.2, 0.25) is 0 Å². The Bertz CT molecular complexity index is 384. The Morgan fingerprint density at radius 1 is 1.24 bits per heavy atom. The zero-order valence-electron chi connectivity index (χ0n) is 10.2. The molecule has 1 rings (SSSR count). The van der Waals surface area contributed by atoms with E-state index in [1.807, 2.05) is 0 Å². The molecular formula is C15H18O2. The van der Waals surface area contributed by atoms with Gasteiger partial charge in [-0.3, -0.25) is 0 Å². The van der Waals surface area contributed by atoms with Crippen molar-refractivity contribution in [2.75, 3.05) is 6.61 Å². The van der Waals surface area contributed by atoms with Gasteiger partial charge in [0, 0.05) is 5.56 Å². The van der Waals surface area contributed by atoms with E-state index in [0.717, 1.165) is 18.4 Å². The molecule has 0 aromatic heterocycles. The molecule has 0 aliphatic carbocycles. The van der Waals surface area contributed by atoms with E-state index in [2.05, 4.69) is 12.8 Å². The highest BCUT2D eigenvalue weighted by molar-refractivity contribution is 5.89. The van der Waals surface area contributed by atoms with Crippen molar-refractivity contribution in [3.05, 3.63) is 35.4 Å². The number of esters is 1. The summed E-state index contributed by atoms with van der Waals surface area (Å²) in [6, 6.07) is 6.88. The second-order valence-corrected chi connectivity index (χ2v) is 3.92. The largest absolute Gasteiger partial charge is 0.462 e. The Morgan fingerprint density at radius 3 is 2.53 bits per heavy atom. The van der Waals surface area contributed by atoms with Gasteiger partial charge in [-0.2, -0.15) is 0 Å². The van der Waals surface area contributed by atoms with Crippen molar-refractivity contribution >= 4 is 5.97 Å². The van der Waals surface area contributed by atoms with Crippen LogP contribution in [0.4, 0.5) is 0 Å². The van der Waals surface area contributed by atoms with Crippen LogP contribution >= 0.6 is 0 Å². The highest BCUT2D eigenvalue weighted by Crippen LogP contribution is 2.06. The van der Waals surface area contributed by atoms with Gasteiger partial charge in [-0.05, 0) is 30.7 Å². The molecule has 1 aromatic rings. The quantitative estimate of drug-likeness (QED) is 0.425. The minimum absolute atomic E-state index is 0.273. The Balaban J connectivity index is 2.34. The molecule has 2 nitrogen and oxygen atoms in total. The number of rotatable bonds is 6. The summed E-state index contributed by atoms with van der Waals surface area (Å²) in [7, 11) is 0. The first-order valence-corrected chi connectivity index (χ1v) is 6.01. The van der Waals surface area contributed by atoms with E-state index >= 15 is 0 Å². The molecule has 0 atom stereocenters. The minimum Gasteiger partial charge on any atom is -0.462 e. The van der Waals surface area contributed by atoms with Gasteiger partial charge in [0.1, 0.15) is 0 Å². The summed E-state index contributed by atoms with van der Waals surface area (Å²) >= 11 is 0. The smallest absolute Gasteiger partial charge is 0.338 e. The van der Waals surface area contributed by atoms with Crippen LogP contribution in [0.3, 0.4) is 0 Å². The van der Waals surface area contributed by atoms with Crippen molar-refractivity contribution < 1.29 is 9.53 Å². The van der Waals surface area contributed by atoms with Crippen LogP contribution in [-0.2, 0) is 4.74 Å². The van der Waals surface area contributed by atoms with Crippen LogP contribution < -0.4 is 0 Å². The predicted octanol–water partition coefficient (Wildman–Crippen LogP) is 3.41. The second-order valence-electron chi connectivity index (χ2n) is 3.92. The van der Waals surface area contributed by atoms with Gasteiger partial charge in [-0.1, -0.05) is 32.1 Å². The topological polar surface area (TPSA) is 26.3 Å². The lowest BCUT2D eigenvalue weighted by molar-refractivity contribution is 0.0498. The van der Waals surface area contributed by atoms with Crippen molar-refractivity contribution in [2.45, 2.75) is 32.6 Å². The summed E-state index contributed by atoms with van der Waals surface area (Å²) in [5.74, 6) is 2.23. The van der Waals surface area contributed by atoms with E-state index in [1.54, 1.807) is 24.3 Å². The van der Waals surface area contributed by atoms with Gasteiger partial charge >= 0.3 is 5.97 Å². The van der Waals surface area contributed by atoms with Crippen LogP contribution in [0.1, 0.15) is 48.5 Å². The lowest BCUT2D eigenvalue weighted by Crippen LogP contribution is -2.06. The van der Waals surface area contributed by atoms with E-state index in [1.165, 1.54) is 12.8 Å². The molecule has 0 heterocycles. The Kier molecular flexibility index (Phi) is 5.88. The third kappa shape index (κ3) is 4.74. The monoisotopic (exact) mass is 230 g/mol. The van der Waals surface area contributed by atoms with Crippen molar-refractivity contribution in [3.8, 4) is 12.3 Å². The average Bonchev–Trinajstić information content (AvgIpc) is 2.38. The van der Waals surface area contributed by atoms with Gasteiger partial charge in [0.05, 0.1) is 12.2 Å². The van der Waals surface area contributed by atoms with E-state index < -0.39 is 0 Å². The Hall–Kier alpha value is -1.75. The van der Waals surface area contributed by atoms with Crippen molar-refractivity contribution in [3.63, 3.8) is 0 Å². The summed E-state index contributed by atoms with van der Waals surface area (Å²) in [6.07, 6.45) is 9.65. The maximum Gasteiger partial charge on any atom is 0.338 e. The number of carbonyl (C=O) groups excluding carboxylic acids is 1. The second kappa shape index (κ2) is 7.51. The van der Waals surface area contributed by atoms with Gasteiger partial charge in [-0.15, -0.1) is 6.42 Å². The van der Waals surface area contributed by atoms with Crippen LogP contribution in [0.5, 0.6) is 0 Å². The fourth-order valence-corrected chi connectivity index (χ4v) is 1.48. The lowest BCUT2D eigenvalue weighted by atomic mass is 10.1. The van der Waals surface area contributed by atoms with Gasteiger partial charge < -0.3 is 4.74 Å². The number of unbranched alkanes of at least 4 members (excludes halogenated alkanes) is 3. The van der Waals surface area contributed by atoms with Crippen LogP contribution in [0.25, 0.3) is 0 Å². The van der Waals surface area contributed by atoms with Crippen molar-refractivity contribution in [1.82, 2.24) is 0 Å². The van der Waals surface area contributed by atoms with Crippen LogP contribution in [0.2, 0.25) is 0 Å². The maximum atomic E-state index is 11.6. The predicted molar refractivity (Wildman–Crippen MR) is 68.8 cm³/mol. The Morgan fingerprint density at radius 2 is 1.94 bits per heavy atom.